The molecule has 1 aromatic carbocycles. The SMILES string of the molecule is CC(C)C[C@H](OC(=O)C[C@@H](Cc1ccccc1)NC(=O)OC(C)(C)C)C(=O)O. The van der Waals surface area contributed by atoms with Gasteiger partial charge in [-0.3, -0.25) is 4.79 Å². The summed E-state index contributed by atoms with van der Waals surface area (Å²) in [6, 6.07) is 8.78. The smallest absolute Gasteiger partial charge is 0.407 e. The Kier molecular flexibility index (Phi) is 8.96. The van der Waals surface area contributed by atoms with Gasteiger partial charge in [0, 0.05) is 6.04 Å². The van der Waals surface area contributed by atoms with E-state index in [-0.39, 0.29) is 18.8 Å². The van der Waals surface area contributed by atoms with Crippen LogP contribution >= 0.6 is 0 Å². The first-order valence-corrected chi connectivity index (χ1v) is 9.42. The molecule has 0 fully saturated rings. The summed E-state index contributed by atoms with van der Waals surface area (Å²) in [5, 5.41) is 11.9. The van der Waals surface area contributed by atoms with Crippen LogP contribution in [0.2, 0.25) is 0 Å². The third kappa shape index (κ3) is 9.94. The Bertz CT molecular complexity index is 651. The number of carbonyl (C=O) groups is 3. The van der Waals surface area contributed by atoms with Gasteiger partial charge in [0.05, 0.1) is 6.42 Å². The molecule has 2 N–H and O–H groups in total. The van der Waals surface area contributed by atoms with E-state index < -0.39 is 35.8 Å². The van der Waals surface area contributed by atoms with E-state index in [0.29, 0.717) is 6.42 Å². The van der Waals surface area contributed by atoms with Gasteiger partial charge in [-0.25, -0.2) is 9.59 Å². The van der Waals surface area contributed by atoms with E-state index in [9.17, 15) is 19.5 Å². The van der Waals surface area contributed by atoms with Crippen molar-refractivity contribution in [3.63, 3.8) is 0 Å². The fourth-order valence-electron chi connectivity index (χ4n) is 2.58. The lowest BCUT2D eigenvalue weighted by Gasteiger charge is -2.24. The average Bonchev–Trinajstić information content (AvgIpc) is 2.52. The molecule has 0 saturated heterocycles. The van der Waals surface area contributed by atoms with E-state index in [1.54, 1.807) is 20.8 Å². The third-order valence-corrected chi connectivity index (χ3v) is 3.69. The molecular formula is C21H31NO6. The van der Waals surface area contributed by atoms with E-state index in [2.05, 4.69) is 5.32 Å². The second kappa shape index (κ2) is 10.7. The first-order chi connectivity index (χ1) is 13.0. The van der Waals surface area contributed by atoms with Crippen molar-refractivity contribution in [1.29, 1.82) is 0 Å². The number of benzene rings is 1. The number of nitrogens with one attached hydrogen (secondary N) is 1. The molecule has 28 heavy (non-hydrogen) atoms. The van der Waals surface area contributed by atoms with Crippen LogP contribution in [0.1, 0.15) is 53.0 Å². The molecule has 0 aliphatic carbocycles. The van der Waals surface area contributed by atoms with E-state index >= 15 is 0 Å². The van der Waals surface area contributed by atoms with Gasteiger partial charge in [-0.05, 0) is 45.1 Å². The highest BCUT2D eigenvalue weighted by Gasteiger charge is 2.27. The van der Waals surface area contributed by atoms with Crippen molar-refractivity contribution in [1.82, 2.24) is 5.32 Å². The molecular weight excluding hydrogens is 362 g/mol. The normalized spacial score (nSPS) is 13.5. The van der Waals surface area contributed by atoms with Crippen LogP contribution in [-0.4, -0.2) is 40.9 Å². The molecule has 0 aromatic heterocycles. The summed E-state index contributed by atoms with van der Waals surface area (Å²) in [7, 11) is 0. The molecule has 1 rings (SSSR count). The summed E-state index contributed by atoms with van der Waals surface area (Å²) >= 11 is 0. The predicted molar refractivity (Wildman–Crippen MR) is 105 cm³/mol. The first-order valence-electron chi connectivity index (χ1n) is 9.42. The molecule has 0 spiro atoms. The van der Waals surface area contributed by atoms with Gasteiger partial charge in [0.2, 0.25) is 0 Å². The Balaban J connectivity index is 2.81. The number of rotatable bonds is 9. The summed E-state index contributed by atoms with van der Waals surface area (Å²) in [6.07, 6.45) is -1.39. The molecule has 1 aromatic rings. The Hall–Kier alpha value is -2.57. The van der Waals surface area contributed by atoms with E-state index in [4.69, 9.17) is 9.47 Å². The van der Waals surface area contributed by atoms with Crippen molar-refractivity contribution < 1.29 is 29.0 Å². The van der Waals surface area contributed by atoms with Gasteiger partial charge >= 0.3 is 18.0 Å². The summed E-state index contributed by atoms with van der Waals surface area (Å²) in [4.78, 5) is 35.8. The topological polar surface area (TPSA) is 102 Å². The van der Waals surface area contributed by atoms with Gasteiger partial charge in [-0.2, -0.15) is 0 Å². The van der Waals surface area contributed by atoms with Crippen molar-refractivity contribution in [2.75, 3.05) is 0 Å². The van der Waals surface area contributed by atoms with Crippen LogP contribution < -0.4 is 5.32 Å². The molecule has 1 amide bonds. The lowest BCUT2D eigenvalue weighted by Crippen LogP contribution is -2.42. The highest BCUT2D eigenvalue weighted by atomic mass is 16.6. The molecule has 0 saturated carbocycles. The molecule has 7 heteroatoms. The number of carbonyl (C=O) groups excluding carboxylic acids is 2. The van der Waals surface area contributed by atoms with Crippen molar-refractivity contribution in [2.24, 2.45) is 5.92 Å². The fraction of sp³-hybridized carbons (Fsp3) is 0.571. The number of aliphatic carboxylic acids is 1. The molecule has 0 bridgehead atoms. The summed E-state index contributed by atoms with van der Waals surface area (Å²) < 4.78 is 10.4. The number of alkyl carbamates (subject to hydrolysis) is 1. The van der Waals surface area contributed by atoms with Gasteiger partial charge in [-0.1, -0.05) is 44.2 Å². The molecule has 0 aliphatic heterocycles. The Labute approximate surface area is 166 Å². The van der Waals surface area contributed by atoms with Gasteiger partial charge in [0.1, 0.15) is 5.60 Å². The fourth-order valence-corrected chi connectivity index (χ4v) is 2.58. The second-order valence-electron chi connectivity index (χ2n) is 8.18. The Morgan fingerprint density at radius 3 is 2.21 bits per heavy atom. The number of amides is 1. The average molecular weight is 393 g/mol. The number of hydrogen-bond donors (Lipinski definition) is 2. The maximum absolute atomic E-state index is 12.3. The highest BCUT2D eigenvalue weighted by Crippen LogP contribution is 2.13. The lowest BCUT2D eigenvalue weighted by atomic mass is 10.0. The van der Waals surface area contributed by atoms with Gasteiger partial charge < -0.3 is 19.9 Å². The lowest BCUT2D eigenvalue weighted by molar-refractivity contribution is -0.165. The van der Waals surface area contributed by atoms with Crippen molar-refractivity contribution >= 4 is 18.0 Å². The second-order valence-corrected chi connectivity index (χ2v) is 8.18. The zero-order valence-corrected chi connectivity index (χ0v) is 17.2. The zero-order valence-electron chi connectivity index (χ0n) is 17.2. The highest BCUT2D eigenvalue weighted by molar-refractivity contribution is 5.78. The van der Waals surface area contributed by atoms with Crippen LogP contribution in [0.4, 0.5) is 4.79 Å². The van der Waals surface area contributed by atoms with Crippen LogP contribution in [0, 0.1) is 5.92 Å². The maximum Gasteiger partial charge on any atom is 0.407 e. The van der Waals surface area contributed by atoms with Crippen LogP contribution in [0.25, 0.3) is 0 Å². The standard InChI is InChI=1S/C21H31NO6/c1-14(2)11-17(19(24)25)27-18(23)13-16(12-15-9-7-6-8-10-15)22-20(26)28-21(3,4)5/h6-10,14,16-17H,11-13H2,1-5H3,(H,22,26)(H,24,25)/t16-,17+/m1/s1. The van der Waals surface area contributed by atoms with Gasteiger partial charge in [0.15, 0.2) is 6.10 Å². The van der Waals surface area contributed by atoms with Crippen LogP contribution in [0.15, 0.2) is 30.3 Å². The zero-order chi connectivity index (χ0) is 21.3. The summed E-state index contributed by atoms with van der Waals surface area (Å²) in [6.45, 7) is 8.95. The van der Waals surface area contributed by atoms with Gasteiger partial charge in [0.25, 0.3) is 0 Å². The van der Waals surface area contributed by atoms with Crippen LogP contribution in [0.3, 0.4) is 0 Å². The van der Waals surface area contributed by atoms with Crippen molar-refractivity contribution in [3.8, 4) is 0 Å². The van der Waals surface area contributed by atoms with Crippen molar-refractivity contribution in [2.45, 2.75) is 71.6 Å². The third-order valence-electron chi connectivity index (χ3n) is 3.69. The number of carboxylic acids is 1. The number of esters is 1. The maximum atomic E-state index is 12.3. The minimum atomic E-state index is -1.20. The van der Waals surface area contributed by atoms with E-state index in [1.807, 2.05) is 44.2 Å². The number of ether oxygens (including phenoxy) is 2. The minimum Gasteiger partial charge on any atom is -0.479 e. The molecule has 0 radical (unpaired) electrons. The monoisotopic (exact) mass is 393 g/mol. The molecule has 0 aliphatic rings. The molecule has 0 unspecified atom stereocenters. The van der Waals surface area contributed by atoms with Crippen molar-refractivity contribution in [3.05, 3.63) is 35.9 Å². The quantitative estimate of drug-likeness (QED) is 0.622. The minimum absolute atomic E-state index is 0.0638. The van der Waals surface area contributed by atoms with E-state index in [1.165, 1.54) is 0 Å². The van der Waals surface area contributed by atoms with Crippen LogP contribution in [0.5, 0.6) is 0 Å². The molecule has 7 nitrogen and oxygen atoms in total. The largest absolute Gasteiger partial charge is 0.479 e. The molecule has 156 valence electrons. The van der Waals surface area contributed by atoms with Gasteiger partial charge in [-0.15, -0.1) is 0 Å². The first kappa shape index (κ1) is 23.5. The van der Waals surface area contributed by atoms with Crippen LogP contribution in [-0.2, 0) is 25.5 Å². The Morgan fingerprint density at radius 2 is 1.71 bits per heavy atom. The molecule has 0 heterocycles. The number of hydrogen-bond acceptors (Lipinski definition) is 5. The van der Waals surface area contributed by atoms with E-state index in [0.717, 1.165) is 5.56 Å². The summed E-state index contributed by atoms with van der Waals surface area (Å²) in [5.74, 6) is -1.79. The Morgan fingerprint density at radius 1 is 1.11 bits per heavy atom. The molecule has 2 atom stereocenters. The predicted octanol–water partition coefficient (Wildman–Crippen LogP) is 3.56. The summed E-state index contributed by atoms with van der Waals surface area (Å²) in [5.41, 5.74) is 0.251. The number of carboxylic acid groups (broad SMARTS) is 1.